The molecule has 0 saturated carbocycles. The van der Waals surface area contributed by atoms with Crippen LogP contribution in [0.1, 0.15) is 39.1 Å². The number of benzene rings is 1. The highest BCUT2D eigenvalue weighted by Gasteiger charge is 2.31. The van der Waals surface area contributed by atoms with Gasteiger partial charge in [-0.2, -0.15) is 0 Å². The Morgan fingerprint density at radius 2 is 1.88 bits per heavy atom. The molecule has 0 radical (unpaired) electrons. The average Bonchev–Trinajstić information content (AvgIpc) is 2.84. The summed E-state index contributed by atoms with van der Waals surface area (Å²) in [6, 6.07) is 10.1. The predicted molar refractivity (Wildman–Crippen MR) is 97.8 cm³/mol. The van der Waals surface area contributed by atoms with Gasteiger partial charge in [-0.3, -0.25) is 4.79 Å². The molecule has 0 aliphatic rings. The second-order valence-corrected chi connectivity index (χ2v) is 8.24. The van der Waals surface area contributed by atoms with Gasteiger partial charge in [-0.1, -0.05) is 42.1 Å². The zero-order valence-corrected chi connectivity index (χ0v) is 16.1. The van der Waals surface area contributed by atoms with Gasteiger partial charge in [0.15, 0.2) is 5.16 Å². The summed E-state index contributed by atoms with van der Waals surface area (Å²) < 4.78 is 1.91. The number of aromatic nitrogens is 3. The van der Waals surface area contributed by atoms with Crippen molar-refractivity contribution in [2.45, 2.75) is 57.1 Å². The van der Waals surface area contributed by atoms with Crippen molar-refractivity contribution in [2.24, 2.45) is 7.05 Å². The van der Waals surface area contributed by atoms with Crippen molar-refractivity contribution in [1.82, 2.24) is 19.7 Å². The summed E-state index contributed by atoms with van der Waals surface area (Å²) in [5.74, 6) is 0.950. The number of aryl methyl sites for hydroxylation is 1. The molecule has 130 valence electrons. The summed E-state index contributed by atoms with van der Waals surface area (Å²) in [5.41, 5.74) is 0.879. The van der Waals surface area contributed by atoms with Gasteiger partial charge in [-0.05, 0) is 40.2 Å². The molecule has 1 aromatic carbocycles. The molecule has 1 amide bonds. The fraction of sp³-hybridized carbons (Fsp3) is 0.500. The van der Waals surface area contributed by atoms with Crippen LogP contribution in [0.5, 0.6) is 0 Å². The van der Waals surface area contributed by atoms with E-state index in [4.69, 9.17) is 0 Å². The summed E-state index contributed by atoms with van der Waals surface area (Å²) in [6.07, 6.45) is 0. The molecule has 0 bridgehead atoms. The monoisotopic (exact) mass is 346 g/mol. The fourth-order valence-corrected chi connectivity index (χ4v) is 3.25. The molecule has 6 heteroatoms. The maximum Gasteiger partial charge on any atom is 0.236 e. The van der Waals surface area contributed by atoms with Gasteiger partial charge in [0.05, 0.1) is 5.25 Å². The van der Waals surface area contributed by atoms with E-state index in [9.17, 15) is 4.79 Å². The zero-order chi connectivity index (χ0) is 17.9. The van der Waals surface area contributed by atoms with Crippen LogP contribution in [0.25, 0.3) is 0 Å². The molecule has 0 aliphatic carbocycles. The van der Waals surface area contributed by atoms with Crippen molar-refractivity contribution in [3.05, 3.63) is 41.7 Å². The first kappa shape index (κ1) is 18.5. The molecule has 1 aromatic heterocycles. The van der Waals surface area contributed by atoms with Gasteiger partial charge < -0.3 is 9.47 Å². The number of hydrogen-bond acceptors (Lipinski definition) is 4. The van der Waals surface area contributed by atoms with Crippen LogP contribution in [0.4, 0.5) is 0 Å². The molecule has 0 aliphatic heterocycles. The lowest BCUT2D eigenvalue weighted by Crippen LogP contribution is -2.48. The predicted octanol–water partition coefficient (Wildman–Crippen LogP) is 3.43. The maximum absolute atomic E-state index is 13.1. The van der Waals surface area contributed by atoms with Crippen LogP contribution in [-0.4, -0.2) is 36.4 Å². The third-order valence-corrected chi connectivity index (χ3v) is 5.06. The molecule has 1 atom stereocenters. The highest BCUT2D eigenvalue weighted by atomic mass is 32.2. The first-order valence-corrected chi connectivity index (χ1v) is 8.96. The Hall–Kier alpha value is -1.82. The van der Waals surface area contributed by atoms with Gasteiger partial charge >= 0.3 is 0 Å². The second-order valence-electron chi connectivity index (χ2n) is 6.93. The van der Waals surface area contributed by atoms with Crippen LogP contribution in [0.3, 0.4) is 0 Å². The van der Waals surface area contributed by atoms with E-state index >= 15 is 0 Å². The molecule has 2 rings (SSSR count). The summed E-state index contributed by atoms with van der Waals surface area (Å²) in [4.78, 5) is 15.0. The Morgan fingerprint density at radius 3 is 2.38 bits per heavy atom. The summed E-state index contributed by atoms with van der Waals surface area (Å²) in [6.45, 7) is 10.6. The Labute approximate surface area is 148 Å². The number of carbonyl (C=O) groups is 1. The van der Waals surface area contributed by atoms with Crippen molar-refractivity contribution >= 4 is 17.7 Å². The molecular formula is C18H26N4OS. The van der Waals surface area contributed by atoms with E-state index in [1.165, 1.54) is 11.8 Å². The highest BCUT2D eigenvalue weighted by molar-refractivity contribution is 8.00. The quantitative estimate of drug-likeness (QED) is 0.778. The van der Waals surface area contributed by atoms with Crippen molar-refractivity contribution in [3.8, 4) is 0 Å². The molecule has 0 spiro atoms. The Morgan fingerprint density at radius 1 is 1.25 bits per heavy atom. The number of hydrogen-bond donors (Lipinski definition) is 0. The first-order chi connectivity index (χ1) is 11.2. The van der Waals surface area contributed by atoms with Gasteiger partial charge in [-0.15, -0.1) is 10.2 Å². The maximum atomic E-state index is 13.1. The lowest BCUT2D eigenvalue weighted by molar-refractivity contribution is -0.135. The average molecular weight is 347 g/mol. The molecule has 5 nitrogen and oxygen atoms in total. The van der Waals surface area contributed by atoms with Crippen molar-refractivity contribution in [1.29, 1.82) is 0 Å². The first-order valence-electron chi connectivity index (χ1n) is 8.08. The molecule has 0 saturated heterocycles. The number of rotatable bonds is 5. The SMILES string of the molecule is Cc1nnc(S[C@H](C)C(=O)N(Cc2ccccc2)C(C)(C)C)n1C. The molecule has 1 heterocycles. The van der Waals surface area contributed by atoms with Crippen LogP contribution in [-0.2, 0) is 18.4 Å². The van der Waals surface area contributed by atoms with E-state index in [2.05, 4.69) is 43.1 Å². The minimum absolute atomic E-state index is 0.108. The van der Waals surface area contributed by atoms with E-state index in [0.717, 1.165) is 16.5 Å². The molecule has 24 heavy (non-hydrogen) atoms. The van der Waals surface area contributed by atoms with Crippen LogP contribution in [0, 0.1) is 6.92 Å². The molecular weight excluding hydrogens is 320 g/mol. The van der Waals surface area contributed by atoms with E-state index in [-0.39, 0.29) is 16.7 Å². The Kier molecular flexibility index (Phi) is 5.70. The number of amides is 1. The van der Waals surface area contributed by atoms with E-state index in [1.54, 1.807) is 0 Å². The lowest BCUT2D eigenvalue weighted by Gasteiger charge is -2.37. The second kappa shape index (κ2) is 7.38. The van der Waals surface area contributed by atoms with E-state index < -0.39 is 0 Å². The normalized spacial score (nSPS) is 12.9. The third-order valence-electron chi connectivity index (χ3n) is 3.94. The lowest BCUT2D eigenvalue weighted by atomic mass is 10.0. The standard InChI is InChI=1S/C18H26N4OS/c1-13(24-17-20-19-14(2)21(17)6)16(23)22(18(3,4)5)12-15-10-8-7-9-11-15/h7-11,13H,12H2,1-6H3/t13-/m1/s1. The van der Waals surface area contributed by atoms with Crippen LogP contribution < -0.4 is 0 Å². The topological polar surface area (TPSA) is 51.0 Å². The van der Waals surface area contributed by atoms with Crippen LogP contribution >= 0.6 is 11.8 Å². The van der Waals surface area contributed by atoms with Gasteiger partial charge in [0.1, 0.15) is 5.82 Å². The van der Waals surface area contributed by atoms with Crippen molar-refractivity contribution < 1.29 is 4.79 Å². The van der Waals surface area contributed by atoms with Gasteiger partial charge in [-0.25, -0.2) is 0 Å². The minimum Gasteiger partial charge on any atom is -0.333 e. The molecule has 0 unspecified atom stereocenters. The summed E-state index contributed by atoms with van der Waals surface area (Å²) >= 11 is 1.45. The Balaban J connectivity index is 2.16. The number of nitrogens with zero attached hydrogens (tertiary/aromatic N) is 4. The summed E-state index contributed by atoms with van der Waals surface area (Å²) in [7, 11) is 1.92. The number of thioether (sulfide) groups is 1. The zero-order valence-electron chi connectivity index (χ0n) is 15.3. The van der Waals surface area contributed by atoms with Crippen molar-refractivity contribution in [2.75, 3.05) is 0 Å². The molecule has 0 fully saturated rings. The van der Waals surface area contributed by atoms with Gasteiger partial charge in [0.25, 0.3) is 0 Å². The minimum atomic E-state index is -0.252. The van der Waals surface area contributed by atoms with Gasteiger partial charge in [0, 0.05) is 19.1 Å². The van der Waals surface area contributed by atoms with Crippen LogP contribution in [0.2, 0.25) is 0 Å². The van der Waals surface area contributed by atoms with E-state index in [0.29, 0.717) is 6.54 Å². The Bertz CT molecular complexity index is 691. The molecule has 2 aromatic rings. The largest absolute Gasteiger partial charge is 0.333 e. The fourth-order valence-electron chi connectivity index (χ4n) is 2.33. The highest BCUT2D eigenvalue weighted by Crippen LogP contribution is 2.26. The third kappa shape index (κ3) is 4.38. The molecule has 0 N–H and O–H groups in total. The van der Waals surface area contributed by atoms with Crippen LogP contribution in [0.15, 0.2) is 35.5 Å². The smallest absolute Gasteiger partial charge is 0.236 e. The van der Waals surface area contributed by atoms with E-state index in [1.807, 2.05) is 48.6 Å². The van der Waals surface area contributed by atoms with Gasteiger partial charge in [0.2, 0.25) is 5.91 Å². The summed E-state index contributed by atoms with van der Waals surface area (Å²) in [5, 5.41) is 8.74. The number of carbonyl (C=O) groups excluding carboxylic acids is 1. The van der Waals surface area contributed by atoms with Crippen molar-refractivity contribution in [3.63, 3.8) is 0 Å².